The van der Waals surface area contributed by atoms with Gasteiger partial charge in [0.1, 0.15) is 11.6 Å². The molecule has 4 rings (SSSR count). The first-order chi connectivity index (χ1) is 14.0. The summed E-state index contributed by atoms with van der Waals surface area (Å²) in [6.45, 7) is 6.56. The predicted molar refractivity (Wildman–Crippen MR) is 106 cm³/mol. The number of urea groups is 1. The minimum absolute atomic E-state index is 0.159. The van der Waals surface area contributed by atoms with Crippen LogP contribution in [0.3, 0.4) is 0 Å². The summed E-state index contributed by atoms with van der Waals surface area (Å²) in [5.41, 5.74) is 0.719. The molecular formula is C20H28FN3O5. The maximum absolute atomic E-state index is 14.9. The van der Waals surface area contributed by atoms with Crippen molar-refractivity contribution in [3.63, 3.8) is 0 Å². The molecule has 0 unspecified atom stereocenters. The number of methoxy groups -OCH3 is 1. The van der Waals surface area contributed by atoms with Crippen LogP contribution in [-0.2, 0) is 14.3 Å². The van der Waals surface area contributed by atoms with E-state index in [-0.39, 0.29) is 18.9 Å². The first-order valence-electron chi connectivity index (χ1n) is 10.0. The van der Waals surface area contributed by atoms with Gasteiger partial charge in [-0.2, -0.15) is 0 Å². The second kappa shape index (κ2) is 8.96. The Morgan fingerprint density at radius 3 is 2.31 bits per heavy atom. The molecule has 1 spiro atoms. The summed E-state index contributed by atoms with van der Waals surface area (Å²) in [6.07, 6.45) is 1.48. The molecule has 8 nitrogen and oxygen atoms in total. The molecular weight excluding hydrogens is 381 g/mol. The van der Waals surface area contributed by atoms with E-state index in [0.717, 1.165) is 0 Å². The molecule has 0 radical (unpaired) electrons. The highest BCUT2D eigenvalue weighted by Crippen LogP contribution is 2.39. The lowest BCUT2D eigenvalue weighted by Gasteiger charge is -2.39. The SMILES string of the molecule is CC.COc1cc(N2CCC3(CC2)OCCO3)c(F)cc1N1CCC(=O)NC1=O. The van der Waals surface area contributed by atoms with Crippen molar-refractivity contribution in [3.8, 4) is 5.75 Å². The molecule has 0 saturated carbocycles. The third-order valence-corrected chi connectivity index (χ3v) is 5.27. The zero-order valence-corrected chi connectivity index (χ0v) is 17.1. The lowest BCUT2D eigenvalue weighted by molar-refractivity contribution is -0.169. The number of hydrogen-bond acceptors (Lipinski definition) is 6. The zero-order chi connectivity index (χ0) is 21.0. The number of anilines is 2. The van der Waals surface area contributed by atoms with Crippen LogP contribution in [-0.4, -0.2) is 57.7 Å². The fourth-order valence-electron chi connectivity index (χ4n) is 3.82. The average Bonchev–Trinajstić information content (AvgIpc) is 3.18. The minimum Gasteiger partial charge on any atom is -0.494 e. The second-order valence-corrected chi connectivity index (χ2v) is 6.83. The molecule has 3 aliphatic heterocycles. The average molecular weight is 409 g/mol. The monoisotopic (exact) mass is 409 g/mol. The first-order valence-corrected chi connectivity index (χ1v) is 10.0. The van der Waals surface area contributed by atoms with Gasteiger partial charge in [-0.3, -0.25) is 15.0 Å². The van der Waals surface area contributed by atoms with Gasteiger partial charge < -0.3 is 19.1 Å². The summed E-state index contributed by atoms with van der Waals surface area (Å²) in [4.78, 5) is 26.7. The Morgan fingerprint density at radius 2 is 1.72 bits per heavy atom. The number of benzene rings is 1. The van der Waals surface area contributed by atoms with Crippen LogP contribution >= 0.6 is 0 Å². The van der Waals surface area contributed by atoms with Crippen molar-refractivity contribution < 1.29 is 28.2 Å². The van der Waals surface area contributed by atoms with Gasteiger partial charge in [-0.1, -0.05) is 13.8 Å². The highest BCUT2D eigenvalue weighted by Gasteiger charge is 2.40. The van der Waals surface area contributed by atoms with Gasteiger partial charge in [0.2, 0.25) is 5.91 Å². The summed E-state index contributed by atoms with van der Waals surface area (Å²) in [5, 5.41) is 2.24. The van der Waals surface area contributed by atoms with Crippen LogP contribution in [0.15, 0.2) is 12.1 Å². The molecule has 3 aliphatic rings. The Labute approximate surface area is 169 Å². The highest BCUT2D eigenvalue weighted by molar-refractivity contribution is 6.06. The fraction of sp³-hybridized carbons (Fsp3) is 0.600. The lowest BCUT2D eigenvalue weighted by atomic mass is 10.0. The van der Waals surface area contributed by atoms with Gasteiger partial charge in [-0.05, 0) is 0 Å². The normalized spacial score (nSPS) is 21.0. The number of hydrogen-bond donors (Lipinski definition) is 1. The summed E-state index contributed by atoms with van der Waals surface area (Å²) >= 11 is 0. The maximum atomic E-state index is 14.9. The van der Waals surface area contributed by atoms with Gasteiger partial charge in [0.05, 0.1) is 31.7 Å². The van der Waals surface area contributed by atoms with Gasteiger partial charge in [-0.25, -0.2) is 9.18 Å². The molecule has 3 amide bonds. The van der Waals surface area contributed by atoms with E-state index in [9.17, 15) is 14.0 Å². The predicted octanol–water partition coefficient (Wildman–Crippen LogP) is 2.65. The third kappa shape index (κ3) is 4.30. The molecule has 3 fully saturated rings. The molecule has 1 N–H and O–H groups in total. The Morgan fingerprint density at radius 1 is 1.07 bits per heavy atom. The number of amides is 3. The van der Waals surface area contributed by atoms with Crippen molar-refractivity contribution in [2.75, 3.05) is 49.8 Å². The molecule has 160 valence electrons. The molecule has 0 bridgehead atoms. The number of carbonyl (C=O) groups excluding carboxylic acids is 2. The molecule has 0 aromatic heterocycles. The van der Waals surface area contributed by atoms with E-state index in [2.05, 4.69) is 5.32 Å². The topological polar surface area (TPSA) is 80.3 Å². The van der Waals surface area contributed by atoms with Crippen molar-refractivity contribution in [2.45, 2.75) is 38.9 Å². The van der Waals surface area contributed by atoms with Crippen molar-refractivity contribution >= 4 is 23.3 Å². The quantitative estimate of drug-likeness (QED) is 0.827. The maximum Gasteiger partial charge on any atom is 0.328 e. The van der Waals surface area contributed by atoms with E-state index in [4.69, 9.17) is 14.2 Å². The Bertz CT molecular complexity index is 757. The fourth-order valence-corrected chi connectivity index (χ4v) is 3.82. The van der Waals surface area contributed by atoms with E-state index in [0.29, 0.717) is 56.3 Å². The Balaban J connectivity index is 0.00000117. The van der Waals surface area contributed by atoms with E-state index >= 15 is 0 Å². The van der Waals surface area contributed by atoms with Crippen molar-refractivity contribution in [2.24, 2.45) is 0 Å². The van der Waals surface area contributed by atoms with Crippen LogP contribution in [0.5, 0.6) is 5.75 Å². The molecule has 3 saturated heterocycles. The number of carbonyl (C=O) groups is 2. The molecule has 3 heterocycles. The summed E-state index contributed by atoms with van der Waals surface area (Å²) in [5.74, 6) is -0.940. The number of halogens is 1. The van der Waals surface area contributed by atoms with E-state index in [1.165, 1.54) is 18.1 Å². The van der Waals surface area contributed by atoms with Gasteiger partial charge >= 0.3 is 6.03 Å². The van der Waals surface area contributed by atoms with Crippen LogP contribution in [0.25, 0.3) is 0 Å². The van der Waals surface area contributed by atoms with E-state index in [1.54, 1.807) is 6.07 Å². The zero-order valence-electron chi connectivity index (χ0n) is 17.1. The summed E-state index contributed by atoms with van der Waals surface area (Å²) in [6, 6.07) is 2.31. The van der Waals surface area contributed by atoms with Crippen LogP contribution in [0.2, 0.25) is 0 Å². The number of rotatable bonds is 3. The molecule has 0 aliphatic carbocycles. The van der Waals surface area contributed by atoms with Crippen molar-refractivity contribution in [1.82, 2.24) is 5.32 Å². The number of nitrogens with one attached hydrogen (secondary N) is 1. The summed E-state index contributed by atoms with van der Waals surface area (Å²) in [7, 11) is 1.47. The largest absolute Gasteiger partial charge is 0.494 e. The van der Waals surface area contributed by atoms with Crippen LogP contribution in [0.1, 0.15) is 33.1 Å². The Kier molecular flexibility index (Phi) is 6.59. The number of piperidine rings is 1. The number of ether oxygens (including phenoxy) is 3. The number of nitrogens with zero attached hydrogens (tertiary/aromatic N) is 2. The molecule has 0 atom stereocenters. The smallest absolute Gasteiger partial charge is 0.328 e. The molecule has 29 heavy (non-hydrogen) atoms. The van der Waals surface area contributed by atoms with Crippen LogP contribution in [0, 0.1) is 5.82 Å². The standard InChI is InChI=1S/C18H22FN3O5.C2H6/c1-25-15-11-13(21-6-3-18(4-7-21)26-8-9-27-18)12(19)10-14(15)22-5-2-16(23)20-17(22)24;1-2/h10-11H,2-9H2,1H3,(H,20,23,24);1-2H3. The van der Waals surface area contributed by atoms with Crippen molar-refractivity contribution in [3.05, 3.63) is 17.9 Å². The second-order valence-electron chi connectivity index (χ2n) is 6.83. The van der Waals surface area contributed by atoms with Crippen LogP contribution in [0.4, 0.5) is 20.6 Å². The highest BCUT2D eigenvalue weighted by atomic mass is 19.1. The van der Waals surface area contributed by atoms with Gasteiger partial charge in [-0.15, -0.1) is 0 Å². The van der Waals surface area contributed by atoms with Gasteiger partial charge in [0, 0.05) is 51.0 Å². The lowest BCUT2D eigenvalue weighted by Crippen LogP contribution is -2.49. The van der Waals surface area contributed by atoms with E-state index < -0.39 is 17.6 Å². The molecule has 9 heteroatoms. The third-order valence-electron chi connectivity index (χ3n) is 5.27. The van der Waals surface area contributed by atoms with Gasteiger partial charge in [0.25, 0.3) is 0 Å². The molecule has 1 aromatic rings. The number of imide groups is 1. The first kappa shape index (κ1) is 21.3. The van der Waals surface area contributed by atoms with E-state index in [1.807, 2.05) is 18.7 Å². The minimum atomic E-state index is -0.577. The van der Waals surface area contributed by atoms with Crippen molar-refractivity contribution in [1.29, 1.82) is 0 Å². The van der Waals surface area contributed by atoms with Crippen LogP contribution < -0.4 is 19.9 Å². The Hall–Kier alpha value is -2.39. The summed E-state index contributed by atoms with van der Waals surface area (Å²) < 4.78 is 31.7. The molecule has 1 aromatic carbocycles. The van der Waals surface area contributed by atoms with Gasteiger partial charge in [0.15, 0.2) is 5.79 Å².